The van der Waals surface area contributed by atoms with Crippen LogP contribution >= 0.6 is 12.2 Å². The standard InChI is InChI=1S/C23H29N3O3S/c1-6-15(2)29-17-13-11-16(12-14-17)20(27)25-22(30)24-19-10-8-7-9-18(19)21(28)26-23(3,4)5/h7-15H,6H2,1-5H3,(H,26,28)(H2,24,25,27,30). The van der Waals surface area contributed by atoms with Gasteiger partial charge in [0.2, 0.25) is 0 Å². The predicted molar refractivity (Wildman–Crippen MR) is 124 cm³/mol. The molecule has 1 atom stereocenters. The summed E-state index contributed by atoms with van der Waals surface area (Å²) in [4.78, 5) is 25.0. The molecule has 0 bridgehead atoms. The number of carbonyl (C=O) groups is 2. The van der Waals surface area contributed by atoms with Crippen LogP contribution in [0.4, 0.5) is 5.69 Å². The fraction of sp³-hybridized carbons (Fsp3) is 0.348. The second kappa shape index (κ2) is 10.2. The maximum Gasteiger partial charge on any atom is 0.257 e. The van der Waals surface area contributed by atoms with Gasteiger partial charge >= 0.3 is 0 Å². The molecule has 160 valence electrons. The fourth-order valence-electron chi connectivity index (χ4n) is 2.53. The average molecular weight is 428 g/mol. The highest BCUT2D eigenvalue weighted by Gasteiger charge is 2.18. The van der Waals surface area contributed by atoms with E-state index in [1.807, 2.05) is 34.6 Å². The molecule has 0 heterocycles. The van der Waals surface area contributed by atoms with Crippen LogP contribution in [0.25, 0.3) is 0 Å². The van der Waals surface area contributed by atoms with Gasteiger partial charge in [-0.15, -0.1) is 0 Å². The molecule has 0 saturated carbocycles. The summed E-state index contributed by atoms with van der Waals surface area (Å²) in [5.41, 5.74) is 1.04. The zero-order valence-corrected chi connectivity index (χ0v) is 18.9. The molecule has 0 spiro atoms. The van der Waals surface area contributed by atoms with E-state index in [1.54, 1.807) is 48.5 Å². The molecule has 0 radical (unpaired) electrons. The highest BCUT2D eigenvalue weighted by molar-refractivity contribution is 7.80. The number of benzene rings is 2. The summed E-state index contributed by atoms with van der Waals surface area (Å²) >= 11 is 5.27. The van der Waals surface area contributed by atoms with Gasteiger partial charge in [-0.05, 0) is 82.7 Å². The molecule has 6 nitrogen and oxygen atoms in total. The minimum atomic E-state index is -0.371. The minimum absolute atomic E-state index is 0.107. The molecule has 0 aliphatic heterocycles. The van der Waals surface area contributed by atoms with Crippen molar-refractivity contribution in [3.8, 4) is 5.75 Å². The summed E-state index contributed by atoms with van der Waals surface area (Å²) in [5, 5.41) is 8.60. The van der Waals surface area contributed by atoms with Crippen molar-refractivity contribution in [3.63, 3.8) is 0 Å². The third-order valence-corrected chi connectivity index (χ3v) is 4.37. The first-order chi connectivity index (χ1) is 14.1. The fourth-order valence-corrected chi connectivity index (χ4v) is 2.73. The Kier molecular flexibility index (Phi) is 7.94. The number of anilines is 1. The number of hydrogen-bond acceptors (Lipinski definition) is 4. The first-order valence-corrected chi connectivity index (χ1v) is 10.3. The topological polar surface area (TPSA) is 79.5 Å². The van der Waals surface area contributed by atoms with Crippen LogP contribution in [-0.4, -0.2) is 28.6 Å². The van der Waals surface area contributed by atoms with Crippen LogP contribution in [0.5, 0.6) is 5.75 Å². The zero-order valence-electron chi connectivity index (χ0n) is 18.0. The van der Waals surface area contributed by atoms with Crippen molar-refractivity contribution >= 4 is 34.8 Å². The van der Waals surface area contributed by atoms with E-state index in [-0.39, 0.29) is 28.6 Å². The SMILES string of the molecule is CCC(C)Oc1ccc(C(=O)NC(=S)Nc2ccccc2C(=O)NC(C)(C)C)cc1. The van der Waals surface area contributed by atoms with Gasteiger partial charge in [-0.2, -0.15) is 0 Å². The molecule has 0 aromatic heterocycles. The Morgan fingerprint density at radius 1 is 1.03 bits per heavy atom. The highest BCUT2D eigenvalue weighted by atomic mass is 32.1. The molecular formula is C23H29N3O3S. The van der Waals surface area contributed by atoms with E-state index in [0.29, 0.717) is 22.6 Å². The first kappa shape index (κ1) is 23.3. The second-order valence-electron chi connectivity index (χ2n) is 8.02. The Hall–Kier alpha value is -2.93. The molecule has 0 saturated heterocycles. The molecule has 2 aromatic rings. The normalized spacial score (nSPS) is 11.9. The molecule has 2 amide bonds. The Morgan fingerprint density at radius 2 is 1.67 bits per heavy atom. The van der Waals surface area contributed by atoms with Crippen molar-refractivity contribution < 1.29 is 14.3 Å². The maximum absolute atomic E-state index is 12.5. The minimum Gasteiger partial charge on any atom is -0.491 e. The van der Waals surface area contributed by atoms with Crippen LogP contribution in [0, 0.1) is 0 Å². The van der Waals surface area contributed by atoms with Crippen molar-refractivity contribution in [2.24, 2.45) is 0 Å². The van der Waals surface area contributed by atoms with Crippen LogP contribution in [0.3, 0.4) is 0 Å². The lowest BCUT2D eigenvalue weighted by Gasteiger charge is -2.21. The number of hydrogen-bond donors (Lipinski definition) is 3. The largest absolute Gasteiger partial charge is 0.491 e. The summed E-state index contributed by atoms with van der Waals surface area (Å²) < 4.78 is 5.72. The van der Waals surface area contributed by atoms with Crippen LogP contribution in [-0.2, 0) is 0 Å². The van der Waals surface area contributed by atoms with Crippen molar-refractivity contribution in [2.45, 2.75) is 52.7 Å². The van der Waals surface area contributed by atoms with Gasteiger partial charge in [-0.3, -0.25) is 14.9 Å². The van der Waals surface area contributed by atoms with Gasteiger partial charge in [0.05, 0.1) is 17.4 Å². The number of para-hydroxylation sites is 1. The summed E-state index contributed by atoms with van der Waals surface area (Å²) in [6, 6.07) is 13.9. The average Bonchev–Trinajstić information content (AvgIpc) is 2.67. The molecule has 30 heavy (non-hydrogen) atoms. The van der Waals surface area contributed by atoms with Crippen LogP contribution in [0.15, 0.2) is 48.5 Å². The quantitative estimate of drug-likeness (QED) is 0.591. The Balaban J connectivity index is 2.02. The van der Waals surface area contributed by atoms with E-state index in [1.165, 1.54) is 0 Å². The highest BCUT2D eigenvalue weighted by Crippen LogP contribution is 2.17. The lowest BCUT2D eigenvalue weighted by atomic mass is 10.1. The van der Waals surface area contributed by atoms with E-state index in [9.17, 15) is 9.59 Å². The van der Waals surface area contributed by atoms with Gasteiger partial charge in [0, 0.05) is 11.1 Å². The molecule has 3 N–H and O–H groups in total. The number of ether oxygens (including phenoxy) is 1. The van der Waals surface area contributed by atoms with E-state index in [4.69, 9.17) is 17.0 Å². The van der Waals surface area contributed by atoms with Crippen molar-refractivity contribution in [1.29, 1.82) is 0 Å². The molecule has 2 rings (SSSR count). The summed E-state index contributed by atoms with van der Waals surface area (Å²) in [7, 11) is 0. The molecule has 0 aliphatic carbocycles. The molecule has 0 fully saturated rings. The van der Waals surface area contributed by atoms with Crippen molar-refractivity contribution in [1.82, 2.24) is 10.6 Å². The van der Waals surface area contributed by atoms with Crippen LogP contribution in [0.1, 0.15) is 61.8 Å². The first-order valence-electron chi connectivity index (χ1n) is 9.89. The lowest BCUT2D eigenvalue weighted by molar-refractivity contribution is 0.0919. The zero-order chi connectivity index (χ0) is 22.3. The summed E-state index contributed by atoms with van der Waals surface area (Å²) in [6.45, 7) is 9.76. The monoisotopic (exact) mass is 427 g/mol. The lowest BCUT2D eigenvalue weighted by Crippen LogP contribution is -2.41. The Labute approximate surface area is 183 Å². The molecule has 2 aromatic carbocycles. The summed E-state index contributed by atoms with van der Waals surface area (Å²) in [5.74, 6) is 0.135. The van der Waals surface area contributed by atoms with Crippen LogP contribution < -0.4 is 20.7 Å². The third-order valence-electron chi connectivity index (χ3n) is 4.16. The van der Waals surface area contributed by atoms with Gasteiger partial charge < -0.3 is 15.4 Å². The van der Waals surface area contributed by atoms with E-state index < -0.39 is 0 Å². The van der Waals surface area contributed by atoms with Gasteiger partial charge in [-0.1, -0.05) is 19.1 Å². The van der Waals surface area contributed by atoms with E-state index in [0.717, 1.165) is 6.42 Å². The maximum atomic E-state index is 12.5. The number of rotatable bonds is 6. The van der Waals surface area contributed by atoms with E-state index in [2.05, 4.69) is 16.0 Å². The molecule has 0 aliphatic rings. The third kappa shape index (κ3) is 7.15. The van der Waals surface area contributed by atoms with E-state index >= 15 is 0 Å². The van der Waals surface area contributed by atoms with Crippen LogP contribution in [0.2, 0.25) is 0 Å². The molecular weight excluding hydrogens is 398 g/mol. The van der Waals surface area contributed by atoms with Crippen molar-refractivity contribution in [2.75, 3.05) is 5.32 Å². The van der Waals surface area contributed by atoms with Gasteiger partial charge in [0.1, 0.15) is 5.75 Å². The molecule has 1 unspecified atom stereocenters. The second-order valence-corrected chi connectivity index (χ2v) is 8.43. The number of thiocarbonyl (C=S) groups is 1. The van der Waals surface area contributed by atoms with Gasteiger partial charge in [0.15, 0.2) is 5.11 Å². The predicted octanol–water partition coefficient (Wildman–Crippen LogP) is 4.52. The number of nitrogens with one attached hydrogen (secondary N) is 3. The summed E-state index contributed by atoms with van der Waals surface area (Å²) in [6.07, 6.45) is 1.01. The van der Waals surface area contributed by atoms with Crippen molar-refractivity contribution in [3.05, 3.63) is 59.7 Å². The Morgan fingerprint density at radius 3 is 2.27 bits per heavy atom. The van der Waals surface area contributed by atoms with Gasteiger partial charge in [-0.25, -0.2) is 0 Å². The van der Waals surface area contributed by atoms with Gasteiger partial charge in [0.25, 0.3) is 11.8 Å². The number of carbonyl (C=O) groups excluding carboxylic acids is 2. The molecule has 7 heteroatoms. The smallest absolute Gasteiger partial charge is 0.257 e. The number of amides is 2. The Bertz CT molecular complexity index is 905.